The van der Waals surface area contributed by atoms with Gasteiger partial charge in [-0.05, 0) is 42.5 Å². The monoisotopic (exact) mass is 362 g/mol. The molecule has 2 aromatic heterocycles. The topological polar surface area (TPSA) is 58.9 Å². The Kier molecular flexibility index (Phi) is 5.44. The minimum absolute atomic E-state index is 0.709. The van der Waals surface area contributed by atoms with Crippen molar-refractivity contribution in [2.24, 2.45) is 5.92 Å². The van der Waals surface area contributed by atoms with Gasteiger partial charge in [-0.1, -0.05) is 31.2 Å². The van der Waals surface area contributed by atoms with Crippen molar-refractivity contribution < 1.29 is 0 Å². The molecule has 6 nitrogen and oxygen atoms in total. The van der Waals surface area contributed by atoms with Gasteiger partial charge in [-0.2, -0.15) is 5.10 Å². The van der Waals surface area contributed by atoms with Crippen LogP contribution in [0.4, 0.5) is 5.82 Å². The van der Waals surface area contributed by atoms with Crippen LogP contribution in [0.3, 0.4) is 0 Å². The van der Waals surface area contributed by atoms with Crippen molar-refractivity contribution in [1.82, 2.24) is 24.6 Å². The van der Waals surface area contributed by atoms with Gasteiger partial charge in [-0.3, -0.25) is 9.88 Å². The van der Waals surface area contributed by atoms with E-state index in [9.17, 15) is 0 Å². The number of benzene rings is 1. The molecule has 0 spiro atoms. The third-order valence-corrected chi connectivity index (χ3v) is 5.07. The van der Waals surface area contributed by atoms with Crippen LogP contribution in [0.1, 0.15) is 30.9 Å². The molecule has 1 fully saturated rings. The number of nitrogens with zero attached hydrogens (tertiary/aromatic N) is 5. The number of hydrogen-bond donors (Lipinski definition) is 1. The average Bonchev–Trinajstić information content (AvgIpc) is 3.23. The van der Waals surface area contributed by atoms with Gasteiger partial charge in [0.25, 0.3) is 0 Å². The number of aromatic nitrogens is 4. The van der Waals surface area contributed by atoms with Gasteiger partial charge in [0.05, 0.1) is 12.4 Å². The maximum absolute atomic E-state index is 4.60. The Labute approximate surface area is 160 Å². The summed E-state index contributed by atoms with van der Waals surface area (Å²) in [6, 6.07) is 10.5. The van der Waals surface area contributed by atoms with E-state index in [2.05, 4.69) is 56.5 Å². The first-order valence-corrected chi connectivity index (χ1v) is 9.63. The Morgan fingerprint density at radius 1 is 1.15 bits per heavy atom. The normalized spacial score (nSPS) is 17.7. The lowest BCUT2D eigenvalue weighted by molar-refractivity contribution is 0.176. The molecule has 0 amide bonds. The largest absolute Gasteiger partial charge is 0.365 e. The van der Waals surface area contributed by atoms with Crippen LogP contribution in [0.25, 0.3) is 5.82 Å². The van der Waals surface area contributed by atoms with E-state index in [0.29, 0.717) is 5.82 Å². The molecular formula is C21H26N6. The van der Waals surface area contributed by atoms with E-state index >= 15 is 0 Å². The highest BCUT2D eigenvalue weighted by molar-refractivity contribution is 5.38. The highest BCUT2D eigenvalue weighted by Crippen LogP contribution is 2.20. The van der Waals surface area contributed by atoms with Gasteiger partial charge in [-0.15, -0.1) is 0 Å². The maximum Gasteiger partial charge on any atom is 0.173 e. The van der Waals surface area contributed by atoms with E-state index < -0.39 is 0 Å². The summed E-state index contributed by atoms with van der Waals surface area (Å²) >= 11 is 0. The molecular weight excluding hydrogens is 336 g/mol. The van der Waals surface area contributed by atoms with Crippen molar-refractivity contribution in [2.75, 3.05) is 18.4 Å². The van der Waals surface area contributed by atoms with Gasteiger partial charge in [0.15, 0.2) is 5.82 Å². The van der Waals surface area contributed by atoms with Crippen LogP contribution in [-0.2, 0) is 13.1 Å². The first kappa shape index (κ1) is 17.7. The summed E-state index contributed by atoms with van der Waals surface area (Å²) in [5.41, 5.74) is 2.69. The van der Waals surface area contributed by atoms with Crippen LogP contribution >= 0.6 is 0 Å². The SMILES string of the molecule is C[C@H]1CCCN(Cc2ccccc2CNc2cncc(-n3cccn3)n2)C1. The third kappa shape index (κ3) is 4.52. The van der Waals surface area contributed by atoms with Gasteiger partial charge in [-0.25, -0.2) is 9.67 Å². The van der Waals surface area contributed by atoms with Gasteiger partial charge >= 0.3 is 0 Å². The van der Waals surface area contributed by atoms with Crippen LogP contribution in [-0.4, -0.2) is 37.7 Å². The molecule has 1 N–H and O–H groups in total. The zero-order chi connectivity index (χ0) is 18.5. The molecule has 0 unspecified atom stereocenters. The fourth-order valence-corrected chi connectivity index (χ4v) is 3.70. The van der Waals surface area contributed by atoms with Crippen LogP contribution < -0.4 is 5.32 Å². The van der Waals surface area contributed by atoms with Gasteiger partial charge in [0.1, 0.15) is 5.82 Å². The molecule has 0 bridgehead atoms. The molecule has 1 aliphatic heterocycles. The number of rotatable bonds is 6. The lowest BCUT2D eigenvalue weighted by Gasteiger charge is -2.31. The van der Waals surface area contributed by atoms with Gasteiger partial charge in [0.2, 0.25) is 0 Å². The van der Waals surface area contributed by atoms with Crippen molar-refractivity contribution >= 4 is 5.82 Å². The lowest BCUT2D eigenvalue weighted by Crippen LogP contribution is -2.34. The second-order valence-electron chi connectivity index (χ2n) is 7.32. The average molecular weight is 362 g/mol. The Bertz CT molecular complexity index is 861. The van der Waals surface area contributed by atoms with Crippen LogP contribution in [0, 0.1) is 5.92 Å². The number of likely N-dealkylation sites (tertiary alicyclic amines) is 1. The summed E-state index contributed by atoms with van der Waals surface area (Å²) in [4.78, 5) is 11.5. The predicted octanol–water partition coefficient (Wildman–Crippen LogP) is 3.51. The fourth-order valence-electron chi connectivity index (χ4n) is 3.70. The van der Waals surface area contributed by atoms with Crippen LogP contribution in [0.5, 0.6) is 0 Å². The predicted molar refractivity (Wildman–Crippen MR) is 107 cm³/mol. The summed E-state index contributed by atoms with van der Waals surface area (Å²) < 4.78 is 1.71. The van der Waals surface area contributed by atoms with E-state index in [0.717, 1.165) is 24.8 Å². The summed E-state index contributed by atoms with van der Waals surface area (Å²) in [7, 11) is 0. The van der Waals surface area contributed by atoms with Crippen molar-refractivity contribution in [2.45, 2.75) is 32.9 Å². The molecule has 0 radical (unpaired) electrons. The van der Waals surface area contributed by atoms with Crippen LogP contribution in [0.2, 0.25) is 0 Å². The maximum atomic E-state index is 4.60. The first-order valence-electron chi connectivity index (χ1n) is 9.63. The van der Waals surface area contributed by atoms with E-state index in [-0.39, 0.29) is 0 Å². The molecule has 6 heteroatoms. The van der Waals surface area contributed by atoms with Crippen LogP contribution in [0.15, 0.2) is 55.1 Å². The second-order valence-corrected chi connectivity index (χ2v) is 7.32. The molecule has 3 aromatic rings. The molecule has 3 heterocycles. The summed E-state index contributed by atoms with van der Waals surface area (Å²) in [6.07, 6.45) is 9.72. The standard InChI is InChI=1S/C21H26N6/c1-17-6-4-10-26(15-17)16-19-8-3-2-7-18(19)12-23-20-13-22-14-21(25-20)27-11-5-9-24-27/h2-3,5,7-9,11,13-14,17H,4,6,10,12,15-16H2,1H3,(H,23,25)/t17-/m0/s1. The van der Waals surface area contributed by atoms with Crippen molar-refractivity contribution in [1.29, 1.82) is 0 Å². The molecule has 1 saturated heterocycles. The molecule has 0 saturated carbocycles. The molecule has 0 aliphatic carbocycles. The Morgan fingerprint density at radius 2 is 2.04 bits per heavy atom. The van der Waals surface area contributed by atoms with Gasteiger partial charge < -0.3 is 5.32 Å². The smallest absolute Gasteiger partial charge is 0.173 e. The Hall–Kier alpha value is -2.73. The quantitative estimate of drug-likeness (QED) is 0.727. The number of piperidine rings is 1. The first-order chi connectivity index (χ1) is 13.3. The van der Waals surface area contributed by atoms with E-state index in [1.165, 1.54) is 37.1 Å². The zero-order valence-electron chi connectivity index (χ0n) is 15.8. The molecule has 140 valence electrons. The zero-order valence-corrected chi connectivity index (χ0v) is 15.8. The van der Waals surface area contributed by atoms with E-state index in [1.807, 2.05) is 12.3 Å². The highest BCUT2D eigenvalue weighted by Gasteiger charge is 2.17. The Morgan fingerprint density at radius 3 is 2.85 bits per heavy atom. The van der Waals surface area contributed by atoms with Crippen molar-refractivity contribution in [3.63, 3.8) is 0 Å². The molecule has 1 atom stereocenters. The molecule has 4 rings (SSSR count). The molecule has 27 heavy (non-hydrogen) atoms. The summed E-state index contributed by atoms with van der Waals surface area (Å²) in [5.74, 6) is 2.26. The Balaban J connectivity index is 1.43. The van der Waals surface area contributed by atoms with Crippen molar-refractivity contribution in [3.8, 4) is 5.82 Å². The fraction of sp³-hybridized carbons (Fsp3) is 0.381. The third-order valence-electron chi connectivity index (χ3n) is 5.07. The number of anilines is 1. The minimum atomic E-state index is 0.709. The van der Waals surface area contributed by atoms with Crippen molar-refractivity contribution in [3.05, 3.63) is 66.2 Å². The lowest BCUT2D eigenvalue weighted by atomic mass is 9.99. The van der Waals surface area contributed by atoms with E-state index in [1.54, 1.807) is 23.3 Å². The number of hydrogen-bond acceptors (Lipinski definition) is 5. The second kappa shape index (κ2) is 8.31. The summed E-state index contributed by atoms with van der Waals surface area (Å²) in [6.45, 7) is 6.49. The minimum Gasteiger partial charge on any atom is -0.365 e. The van der Waals surface area contributed by atoms with E-state index in [4.69, 9.17) is 0 Å². The summed E-state index contributed by atoms with van der Waals surface area (Å²) in [5, 5.41) is 7.63. The highest BCUT2D eigenvalue weighted by atomic mass is 15.3. The molecule has 1 aromatic carbocycles. The number of nitrogens with one attached hydrogen (secondary N) is 1. The van der Waals surface area contributed by atoms with Gasteiger partial charge in [0, 0.05) is 32.0 Å². The molecule has 1 aliphatic rings.